The van der Waals surface area contributed by atoms with Crippen molar-refractivity contribution in [2.24, 2.45) is 5.92 Å². The average molecular weight is 267 g/mol. The number of aromatic nitrogens is 4. The minimum atomic E-state index is 0.365. The van der Waals surface area contributed by atoms with Gasteiger partial charge in [-0.3, -0.25) is 4.40 Å². The molecular formula is C15H17N5. The first kappa shape index (κ1) is 11.7. The van der Waals surface area contributed by atoms with Crippen LogP contribution in [0.4, 0.5) is 0 Å². The highest BCUT2D eigenvalue weighted by atomic mass is 15.1. The highest BCUT2D eigenvalue weighted by Crippen LogP contribution is 2.31. The Kier molecular flexibility index (Phi) is 2.60. The quantitative estimate of drug-likeness (QED) is 0.699. The largest absolute Gasteiger partial charge is 0.345 e. The summed E-state index contributed by atoms with van der Waals surface area (Å²) in [5, 5.41) is 3.47. The van der Waals surface area contributed by atoms with Crippen LogP contribution in [0.5, 0.6) is 0 Å². The van der Waals surface area contributed by atoms with E-state index in [2.05, 4.69) is 43.4 Å². The fourth-order valence-electron chi connectivity index (χ4n) is 3.21. The predicted molar refractivity (Wildman–Crippen MR) is 78.8 cm³/mol. The Morgan fingerprint density at radius 2 is 2.25 bits per heavy atom. The van der Waals surface area contributed by atoms with Crippen molar-refractivity contribution in [2.75, 3.05) is 13.1 Å². The number of piperidine rings is 1. The highest BCUT2D eigenvalue weighted by Gasteiger charge is 2.28. The van der Waals surface area contributed by atoms with Crippen molar-refractivity contribution in [2.45, 2.75) is 12.3 Å². The molecule has 3 aromatic heterocycles. The van der Waals surface area contributed by atoms with Crippen LogP contribution in [0.3, 0.4) is 0 Å². The van der Waals surface area contributed by atoms with Gasteiger partial charge in [-0.15, -0.1) is 6.58 Å². The molecule has 2 atom stereocenters. The molecule has 1 aliphatic heterocycles. The third-order valence-electron chi connectivity index (χ3n) is 4.26. The maximum absolute atomic E-state index is 4.67. The van der Waals surface area contributed by atoms with Crippen molar-refractivity contribution in [3.8, 4) is 0 Å². The van der Waals surface area contributed by atoms with Crippen molar-refractivity contribution in [1.82, 2.24) is 24.7 Å². The minimum absolute atomic E-state index is 0.365. The van der Waals surface area contributed by atoms with E-state index < -0.39 is 0 Å². The Balaban J connectivity index is 1.94. The summed E-state index contributed by atoms with van der Waals surface area (Å²) >= 11 is 0. The molecule has 0 spiro atoms. The van der Waals surface area contributed by atoms with E-state index in [-0.39, 0.29) is 0 Å². The molecule has 3 aromatic rings. The number of allylic oxidation sites excluding steroid dienone is 1. The van der Waals surface area contributed by atoms with Crippen LogP contribution in [0, 0.1) is 5.92 Å². The number of rotatable bonds is 2. The predicted octanol–water partition coefficient (Wildman–Crippen LogP) is 2.09. The second kappa shape index (κ2) is 4.45. The number of nitrogens with zero attached hydrogens (tertiary/aromatic N) is 3. The smallest absolute Gasteiger partial charge is 0.154 e. The summed E-state index contributed by atoms with van der Waals surface area (Å²) in [6.07, 6.45) is 8.88. The van der Waals surface area contributed by atoms with Crippen LogP contribution in [0.2, 0.25) is 0 Å². The molecule has 0 saturated carbocycles. The lowest BCUT2D eigenvalue weighted by atomic mass is 9.86. The lowest BCUT2D eigenvalue weighted by molar-refractivity contribution is 0.368. The molecule has 20 heavy (non-hydrogen) atoms. The maximum atomic E-state index is 4.67. The van der Waals surface area contributed by atoms with Gasteiger partial charge in [-0.2, -0.15) is 0 Å². The molecule has 4 rings (SSSR count). The van der Waals surface area contributed by atoms with Gasteiger partial charge in [-0.25, -0.2) is 9.97 Å². The number of hydrogen-bond donors (Lipinski definition) is 2. The Bertz CT molecular complexity index is 769. The number of H-pyrrole nitrogens is 1. The standard InChI is InChI=1S/C15H17N5/c1-2-10-3-5-16-9-12(10)15-19-8-11-7-18-14-13(20(11)15)4-6-17-14/h2,4,6-8,10,12,16-17H,1,3,5,9H2/t10-,12+/m1/s1. The number of aromatic amines is 1. The van der Waals surface area contributed by atoms with Gasteiger partial charge in [0, 0.05) is 18.7 Å². The molecule has 1 saturated heterocycles. The van der Waals surface area contributed by atoms with E-state index in [1.54, 1.807) is 0 Å². The second-order valence-corrected chi connectivity index (χ2v) is 5.35. The fourth-order valence-corrected chi connectivity index (χ4v) is 3.21. The van der Waals surface area contributed by atoms with Gasteiger partial charge in [0.05, 0.1) is 23.4 Å². The molecule has 102 valence electrons. The first-order valence-corrected chi connectivity index (χ1v) is 7.01. The number of nitrogens with one attached hydrogen (secondary N) is 2. The SMILES string of the molecule is C=C[C@@H]1CCNC[C@@H]1c1ncc2cnc3[nH]ccc3n12. The van der Waals surface area contributed by atoms with Crippen LogP contribution in [0.25, 0.3) is 16.7 Å². The molecule has 0 aromatic carbocycles. The normalized spacial score (nSPS) is 23.4. The summed E-state index contributed by atoms with van der Waals surface area (Å²) in [4.78, 5) is 12.2. The molecule has 1 aliphatic rings. The molecule has 0 amide bonds. The van der Waals surface area contributed by atoms with Crippen LogP contribution in [0.1, 0.15) is 18.2 Å². The van der Waals surface area contributed by atoms with E-state index in [0.717, 1.165) is 42.0 Å². The summed E-state index contributed by atoms with van der Waals surface area (Å²) < 4.78 is 2.22. The van der Waals surface area contributed by atoms with Crippen LogP contribution in [-0.2, 0) is 0 Å². The molecule has 5 heteroatoms. The molecule has 0 aliphatic carbocycles. The van der Waals surface area contributed by atoms with Crippen LogP contribution >= 0.6 is 0 Å². The van der Waals surface area contributed by atoms with Gasteiger partial charge in [-0.05, 0) is 24.9 Å². The molecule has 0 unspecified atom stereocenters. The summed E-state index contributed by atoms with van der Waals surface area (Å²) in [7, 11) is 0. The summed E-state index contributed by atoms with van der Waals surface area (Å²) in [5.74, 6) is 1.94. The molecule has 1 fully saturated rings. The Morgan fingerprint density at radius 3 is 3.15 bits per heavy atom. The van der Waals surface area contributed by atoms with Crippen molar-refractivity contribution < 1.29 is 0 Å². The van der Waals surface area contributed by atoms with Gasteiger partial charge in [-0.1, -0.05) is 6.08 Å². The number of imidazole rings is 1. The van der Waals surface area contributed by atoms with Crippen molar-refractivity contribution >= 4 is 16.7 Å². The van der Waals surface area contributed by atoms with Crippen molar-refractivity contribution in [3.05, 3.63) is 43.1 Å². The van der Waals surface area contributed by atoms with Gasteiger partial charge in [0.2, 0.25) is 0 Å². The molecule has 5 nitrogen and oxygen atoms in total. The van der Waals surface area contributed by atoms with Crippen molar-refractivity contribution in [3.63, 3.8) is 0 Å². The molecule has 0 radical (unpaired) electrons. The number of fused-ring (bicyclic) bond motifs is 3. The lowest BCUT2D eigenvalue weighted by Gasteiger charge is -2.29. The average Bonchev–Trinajstić information content (AvgIpc) is 3.12. The van der Waals surface area contributed by atoms with Crippen LogP contribution < -0.4 is 5.32 Å². The second-order valence-electron chi connectivity index (χ2n) is 5.35. The van der Waals surface area contributed by atoms with Gasteiger partial charge in [0.15, 0.2) is 5.65 Å². The van der Waals surface area contributed by atoms with Crippen molar-refractivity contribution in [1.29, 1.82) is 0 Å². The molecule has 2 N–H and O–H groups in total. The zero-order valence-electron chi connectivity index (χ0n) is 11.2. The maximum Gasteiger partial charge on any atom is 0.154 e. The Labute approximate surface area is 116 Å². The zero-order chi connectivity index (χ0) is 13.5. The van der Waals surface area contributed by atoms with E-state index >= 15 is 0 Å². The van der Waals surface area contributed by atoms with Gasteiger partial charge in [0.25, 0.3) is 0 Å². The molecular weight excluding hydrogens is 250 g/mol. The van der Waals surface area contributed by atoms with E-state index in [4.69, 9.17) is 0 Å². The molecule has 0 bridgehead atoms. The van der Waals surface area contributed by atoms with Gasteiger partial charge < -0.3 is 10.3 Å². The third-order valence-corrected chi connectivity index (χ3v) is 4.26. The third kappa shape index (κ3) is 1.59. The summed E-state index contributed by atoms with van der Waals surface area (Å²) in [6.45, 7) is 6.00. The first-order valence-electron chi connectivity index (χ1n) is 7.01. The van der Waals surface area contributed by atoms with E-state index in [1.807, 2.05) is 18.6 Å². The Morgan fingerprint density at radius 1 is 1.35 bits per heavy atom. The highest BCUT2D eigenvalue weighted by molar-refractivity contribution is 5.75. The topological polar surface area (TPSA) is 58.0 Å². The lowest BCUT2D eigenvalue weighted by Crippen LogP contribution is -2.35. The van der Waals surface area contributed by atoms with Crippen LogP contribution in [-0.4, -0.2) is 32.4 Å². The molecule has 4 heterocycles. The van der Waals surface area contributed by atoms with Gasteiger partial charge >= 0.3 is 0 Å². The minimum Gasteiger partial charge on any atom is -0.345 e. The first-order chi connectivity index (χ1) is 9.88. The van der Waals surface area contributed by atoms with E-state index in [9.17, 15) is 0 Å². The summed E-state index contributed by atoms with van der Waals surface area (Å²) in [5.41, 5.74) is 3.03. The van der Waals surface area contributed by atoms with E-state index in [0.29, 0.717) is 11.8 Å². The van der Waals surface area contributed by atoms with E-state index in [1.165, 1.54) is 0 Å². The zero-order valence-corrected chi connectivity index (χ0v) is 11.2. The number of hydrogen-bond acceptors (Lipinski definition) is 3. The summed E-state index contributed by atoms with van der Waals surface area (Å²) in [6, 6.07) is 2.06. The van der Waals surface area contributed by atoms with Gasteiger partial charge in [0.1, 0.15) is 5.82 Å². The fraction of sp³-hybridized carbons (Fsp3) is 0.333. The monoisotopic (exact) mass is 267 g/mol. The van der Waals surface area contributed by atoms with Crippen LogP contribution in [0.15, 0.2) is 37.3 Å². The Hall–Kier alpha value is -2.14.